The summed E-state index contributed by atoms with van der Waals surface area (Å²) in [5.74, 6) is 3.10. The summed E-state index contributed by atoms with van der Waals surface area (Å²) in [5, 5.41) is 4.80. The smallest absolute Gasteiger partial charge is 0.224 e. The molecular formula is C43H52F2N12O2. The van der Waals surface area contributed by atoms with Gasteiger partial charge in [0.2, 0.25) is 11.9 Å². The third-order valence-electron chi connectivity index (χ3n) is 11.5. The Morgan fingerprint density at radius 2 is 1.19 bits per heavy atom. The van der Waals surface area contributed by atoms with E-state index in [0.717, 1.165) is 82.1 Å². The van der Waals surface area contributed by atoms with Crippen LogP contribution in [-0.2, 0) is 13.1 Å². The molecule has 14 nitrogen and oxygen atoms in total. The summed E-state index contributed by atoms with van der Waals surface area (Å²) in [5.41, 5.74) is 31.0. The largest absolute Gasteiger partial charge is 0.497 e. The van der Waals surface area contributed by atoms with Crippen molar-refractivity contribution in [3.63, 3.8) is 0 Å². The Hall–Kier alpha value is -6.32. The first-order valence-corrected chi connectivity index (χ1v) is 19.9. The first-order chi connectivity index (χ1) is 28.3. The molecule has 2 saturated carbocycles. The molecule has 2 aliphatic carbocycles. The first-order valence-electron chi connectivity index (χ1n) is 19.9. The number of anilines is 6. The number of hydrogen-bond donors (Lipinski definition) is 5. The minimum absolute atomic E-state index is 0.0667. The van der Waals surface area contributed by atoms with Crippen LogP contribution < -0.4 is 42.6 Å². The summed E-state index contributed by atoms with van der Waals surface area (Å²) in [6.07, 6.45) is 9.23. The fourth-order valence-corrected chi connectivity index (χ4v) is 8.77. The van der Waals surface area contributed by atoms with Gasteiger partial charge >= 0.3 is 0 Å². The van der Waals surface area contributed by atoms with E-state index >= 15 is 0 Å². The minimum atomic E-state index is -0.869. The van der Waals surface area contributed by atoms with Crippen LogP contribution in [0.2, 0.25) is 0 Å². The van der Waals surface area contributed by atoms with Crippen LogP contribution >= 0.6 is 0 Å². The number of pyridine rings is 2. The number of benzene rings is 2. The number of nitrogens with one attached hydrogen (secondary N) is 1. The van der Waals surface area contributed by atoms with Gasteiger partial charge in [-0.3, -0.25) is 0 Å². The molecule has 0 atom stereocenters. The third-order valence-corrected chi connectivity index (χ3v) is 11.5. The Morgan fingerprint density at radius 3 is 1.73 bits per heavy atom. The molecule has 0 radical (unpaired) electrons. The van der Waals surface area contributed by atoms with Gasteiger partial charge in [-0.1, -0.05) is 31.7 Å². The van der Waals surface area contributed by atoms with Gasteiger partial charge in [-0.05, 0) is 97.9 Å². The monoisotopic (exact) mass is 806 g/mol. The third kappa shape index (κ3) is 8.61. The lowest BCUT2D eigenvalue weighted by molar-refractivity contribution is 0.393. The van der Waals surface area contributed by atoms with Gasteiger partial charge in [0, 0.05) is 37.3 Å². The number of nitrogen functional groups attached to an aromatic ring is 4. The number of methoxy groups -OCH3 is 2. The van der Waals surface area contributed by atoms with Gasteiger partial charge in [0.05, 0.1) is 25.0 Å². The molecule has 2 aliphatic rings. The van der Waals surface area contributed by atoms with E-state index in [2.05, 4.69) is 42.1 Å². The van der Waals surface area contributed by atoms with Gasteiger partial charge in [0.15, 0.2) is 22.9 Å². The van der Waals surface area contributed by atoms with Gasteiger partial charge < -0.3 is 42.6 Å². The number of aromatic nitrogens is 6. The van der Waals surface area contributed by atoms with E-state index in [1.54, 1.807) is 20.3 Å². The summed E-state index contributed by atoms with van der Waals surface area (Å²) in [6.45, 7) is 5.04. The average molecular weight is 807 g/mol. The number of nitrogens with two attached hydrogens (primary N) is 4. The van der Waals surface area contributed by atoms with E-state index in [4.69, 9.17) is 37.4 Å². The zero-order valence-corrected chi connectivity index (χ0v) is 34.2. The van der Waals surface area contributed by atoms with Crippen molar-refractivity contribution < 1.29 is 18.3 Å². The maximum absolute atomic E-state index is 13.5. The SMILES string of the molecule is COc1cc(CN(C)c2nc3nc(N)nc(N)c3c(C)c2C2CCCC2)cc(OC)c1.Cc1c(C2CCCC2)c(NCc2ccc(F)c(F)c2)nc2nc(N)nc(N)c12. The molecule has 59 heavy (non-hydrogen) atoms. The van der Waals surface area contributed by atoms with Crippen molar-refractivity contribution in [1.29, 1.82) is 0 Å². The Labute approximate surface area is 342 Å². The lowest BCUT2D eigenvalue weighted by Crippen LogP contribution is -2.21. The van der Waals surface area contributed by atoms with E-state index < -0.39 is 11.6 Å². The average Bonchev–Trinajstić information content (AvgIpc) is 3.93. The second-order valence-electron chi connectivity index (χ2n) is 15.4. The Morgan fingerprint density at radius 1 is 0.661 bits per heavy atom. The van der Waals surface area contributed by atoms with E-state index in [9.17, 15) is 8.78 Å². The highest BCUT2D eigenvalue weighted by molar-refractivity contribution is 5.93. The van der Waals surface area contributed by atoms with Gasteiger partial charge in [-0.25, -0.2) is 18.7 Å². The summed E-state index contributed by atoms with van der Waals surface area (Å²) in [7, 11) is 5.36. The fraction of sp³-hybridized carbons (Fsp3) is 0.395. The van der Waals surface area contributed by atoms with Crippen LogP contribution in [0.5, 0.6) is 11.5 Å². The topological polar surface area (TPSA) is 215 Å². The molecule has 0 unspecified atom stereocenters. The lowest BCUT2D eigenvalue weighted by Gasteiger charge is -2.27. The van der Waals surface area contributed by atoms with Crippen LogP contribution in [0, 0.1) is 25.5 Å². The van der Waals surface area contributed by atoms with Crippen molar-refractivity contribution in [2.45, 2.75) is 90.1 Å². The van der Waals surface area contributed by atoms with Crippen LogP contribution in [-0.4, -0.2) is 51.2 Å². The zero-order valence-electron chi connectivity index (χ0n) is 34.2. The summed E-state index contributed by atoms with van der Waals surface area (Å²) >= 11 is 0. The van der Waals surface area contributed by atoms with Gasteiger partial charge in [-0.15, -0.1) is 0 Å². The summed E-state index contributed by atoms with van der Waals surface area (Å²) < 4.78 is 37.6. The van der Waals surface area contributed by atoms with Gasteiger partial charge in [-0.2, -0.15) is 19.9 Å². The van der Waals surface area contributed by atoms with Crippen LogP contribution in [0.15, 0.2) is 36.4 Å². The second-order valence-corrected chi connectivity index (χ2v) is 15.4. The highest BCUT2D eigenvalue weighted by atomic mass is 19.2. The van der Waals surface area contributed by atoms with Crippen molar-refractivity contribution in [2.24, 2.45) is 0 Å². The number of aryl methyl sites for hydroxylation is 2. The molecule has 0 spiro atoms. The predicted molar refractivity (Wildman–Crippen MR) is 230 cm³/mol. The molecule has 0 bridgehead atoms. The van der Waals surface area contributed by atoms with Crippen molar-refractivity contribution in [3.8, 4) is 11.5 Å². The van der Waals surface area contributed by atoms with E-state index in [1.165, 1.54) is 37.3 Å². The minimum Gasteiger partial charge on any atom is -0.497 e. The molecule has 16 heteroatoms. The molecule has 6 aromatic rings. The number of hydrogen-bond acceptors (Lipinski definition) is 14. The van der Waals surface area contributed by atoms with Crippen molar-refractivity contribution in [1.82, 2.24) is 29.9 Å². The molecule has 8 rings (SSSR count). The van der Waals surface area contributed by atoms with Crippen LogP contribution in [0.25, 0.3) is 22.1 Å². The molecule has 9 N–H and O–H groups in total. The van der Waals surface area contributed by atoms with Crippen molar-refractivity contribution in [3.05, 3.63) is 81.4 Å². The van der Waals surface area contributed by atoms with Crippen LogP contribution in [0.3, 0.4) is 0 Å². The number of ether oxygens (including phenoxy) is 2. The Balaban J connectivity index is 0.000000180. The Kier molecular flexibility index (Phi) is 12.0. The number of fused-ring (bicyclic) bond motifs is 2. The predicted octanol–water partition coefficient (Wildman–Crippen LogP) is 7.85. The molecule has 4 aromatic heterocycles. The quantitative estimate of drug-likeness (QED) is 0.0891. The van der Waals surface area contributed by atoms with Gasteiger partial charge in [0.1, 0.15) is 34.8 Å². The van der Waals surface area contributed by atoms with Crippen LogP contribution in [0.4, 0.5) is 43.9 Å². The fourth-order valence-electron chi connectivity index (χ4n) is 8.77. The van der Waals surface area contributed by atoms with Crippen molar-refractivity contribution >= 4 is 57.2 Å². The molecule has 2 fully saturated rings. The first kappa shape index (κ1) is 40.9. The molecule has 0 saturated heterocycles. The molecule has 0 aliphatic heterocycles. The maximum atomic E-state index is 13.5. The summed E-state index contributed by atoms with van der Waals surface area (Å²) in [6, 6.07) is 9.75. The molecule has 310 valence electrons. The van der Waals surface area contributed by atoms with Crippen molar-refractivity contribution in [2.75, 3.05) is 54.4 Å². The highest BCUT2D eigenvalue weighted by Gasteiger charge is 2.28. The molecular weight excluding hydrogens is 755 g/mol. The number of halogens is 2. The van der Waals surface area contributed by atoms with E-state index in [-0.39, 0.29) is 11.9 Å². The standard InChI is InChI=1S/C23H30N6O2.C20H22F2N6/c1-13-18(15-7-5-6-8-15)22(27-21-19(13)20(24)26-23(25)28-21)29(2)12-14-9-16(30-3)11-17(10-14)31-4;1-10-15(12-4-2-3-5-12)18(25-9-11-6-7-13(21)14(22)8-11)27-19-16(10)17(23)26-20(24)28-19/h9-11,15H,5-8,12H2,1-4H3,(H4,24,25,26,27,28);6-8,12H,2-5,9H2,1H3,(H5,23,24,25,26,27,28). The van der Waals surface area contributed by atoms with Crippen LogP contribution in [0.1, 0.15) is 96.6 Å². The lowest BCUT2D eigenvalue weighted by atomic mass is 9.92. The Bertz CT molecular complexity index is 2490. The van der Waals surface area contributed by atoms with E-state index in [0.29, 0.717) is 59.2 Å². The van der Waals surface area contributed by atoms with Gasteiger partial charge in [0.25, 0.3) is 0 Å². The molecule has 4 heterocycles. The second kappa shape index (κ2) is 17.3. The maximum Gasteiger partial charge on any atom is 0.224 e. The molecule has 2 aromatic carbocycles. The number of rotatable bonds is 10. The zero-order chi connectivity index (χ0) is 42.0. The van der Waals surface area contributed by atoms with E-state index in [1.807, 2.05) is 32.2 Å². The summed E-state index contributed by atoms with van der Waals surface area (Å²) in [4.78, 5) is 28.6. The highest BCUT2D eigenvalue weighted by Crippen LogP contribution is 2.44. The normalized spacial score (nSPS) is 14.4. The molecule has 0 amide bonds. The number of nitrogens with zero attached hydrogens (tertiary/aromatic N) is 7.